The Kier molecular flexibility index (Phi) is 5.66. The third-order valence-electron chi connectivity index (χ3n) is 2.89. The lowest BCUT2D eigenvalue weighted by Crippen LogP contribution is -2.42. The molecule has 0 aliphatic rings. The smallest absolute Gasteiger partial charge is 0.239 e. The lowest BCUT2D eigenvalue weighted by molar-refractivity contribution is -0.118. The number of carbonyl (C=O) groups excluding carboxylic acids is 1. The summed E-state index contributed by atoms with van der Waals surface area (Å²) in [6.45, 7) is 7.68. The number of carbonyl (C=O) groups is 1. The summed E-state index contributed by atoms with van der Waals surface area (Å²) < 4.78 is 0. The second-order valence-electron chi connectivity index (χ2n) is 4.54. The number of hydrogen-bond acceptors (Lipinski definition) is 2. The fourth-order valence-electron chi connectivity index (χ4n) is 2.05. The quantitative estimate of drug-likeness (QED) is 0.725. The molecule has 2 nitrogen and oxygen atoms in total. The zero-order valence-electron chi connectivity index (χ0n) is 10.7. The van der Waals surface area contributed by atoms with Crippen molar-refractivity contribution in [1.29, 1.82) is 0 Å². The van der Waals surface area contributed by atoms with E-state index in [0.29, 0.717) is 0 Å². The molecule has 0 spiro atoms. The molecule has 0 bridgehead atoms. The maximum atomic E-state index is 11.5. The first kappa shape index (κ1) is 14.2. The van der Waals surface area contributed by atoms with Gasteiger partial charge in [-0.05, 0) is 29.6 Å². The summed E-state index contributed by atoms with van der Waals surface area (Å²) in [5.41, 5.74) is 1.21. The number of likely N-dealkylation sites (N-methyl/N-ethyl adjacent to an activating group) is 1. The van der Waals surface area contributed by atoms with Crippen LogP contribution in [0.3, 0.4) is 0 Å². The first-order valence-corrected chi connectivity index (χ1v) is 6.41. The average Bonchev–Trinajstić information content (AvgIpc) is 2.28. The van der Waals surface area contributed by atoms with Gasteiger partial charge in [-0.2, -0.15) is 0 Å². The molecule has 0 N–H and O–H groups in total. The van der Waals surface area contributed by atoms with E-state index in [-0.39, 0.29) is 17.2 Å². The van der Waals surface area contributed by atoms with Gasteiger partial charge in [0.25, 0.3) is 0 Å². The average molecular weight is 254 g/mol. The van der Waals surface area contributed by atoms with Gasteiger partial charge >= 0.3 is 0 Å². The number of rotatable bonds is 6. The van der Waals surface area contributed by atoms with Crippen molar-refractivity contribution in [2.24, 2.45) is 5.92 Å². The molecule has 94 valence electrons. The lowest BCUT2D eigenvalue weighted by Gasteiger charge is -2.30. The first-order chi connectivity index (χ1) is 8.06. The minimum atomic E-state index is -0.266. The topological polar surface area (TPSA) is 20.3 Å². The van der Waals surface area contributed by atoms with Crippen LogP contribution in [0.5, 0.6) is 0 Å². The summed E-state index contributed by atoms with van der Waals surface area (Å²) in [5, 5.41) is -0.266. The van der Waals surface area contributed by atoms with Gasteiger partial charge in [-0.15, -0.1) is 0 Å². The van der Waals surface area contributed by atoms with Crippen LogP contribution in [0, 0.1) is 5.92 Å². The Morgan fingerprint density at radius 2 is 1.88 bits per heavy atom. The van der Waals surface area contributed by atoms with E-state index >= 15 is 0 Å². The van der Waals surface area contributed by atoms with Gasteiger partial charge in [0.2, 0.25) is 5.24 Å². The third kappa shape index (κ3) is 4.14. The Bertz CT molecular complexity index is 350. The Hall–Kier alpha value is -0.860. The molecule has 17 heavy (non-hydrogen) atoms. The molecule has 0 heterocycles. The molecule has 1 rings (SSSR count). The van der Waals surface area contributed by atoms with Crippen molar-refractivity contribution in [3.63, 3.8) is 0 Å². The second kappa shape index (κ2) is 6.77. The Morgan fingerprint density at radius 1 is 1.29 bits per heavy atom. The molecule has 1 unspecified atom stereocenters. The van der Waals surface area contributed by atoms with Gasteiger partial charge < -0.3 is 0 Å². The number of hydrogen-bond donors (Lipinski definition) is 0. The number of benzene rings is 1. The highest BCUT2D eigenvalue weighted by Gasteiger charge is 2.26. The van der Waals surface area contributed by atoms with Crippen molar-refractivity contribution in [3.05, 3.63) is 35.9 Å². The summed E-state index contributed by atoms with van der Waals surface area (Å²) in [4.78, 5) is 13.6. The highest BCUT2D eigenvalue weighted by Crippen LogP contribution is 2.17. The van der Waals surface area contributed by atoms with E-state index in [1.165, 1.54) is 5.56 Å². The van der Waals surface area contributed by atoms with E-state index in [9.17, 15) is 4.79 Å². The summed E-state index contributed by atoms with van der Waals surface area (Å²) in [7, 11) is 0. The molecule has 1 atom stereocenters. The first-order valence-electron chi connectivity index (χ1n) is 6.03. The largest absolute Gasteiger partial charge is 0.288 e. The third-order valence-corrected chi connectivity index (χ3v) is 3.12. The summed E-state index contributed by atoms with van der Waals surface area (Å²) in [6, 6.07) is 9.94. The number of halogens is 1. The molecule has 0 fully saturated rings. The summed E-state index contributed by atoms with van der Waals surface area (Å²) in [6.07, 6.45) is 0. The summed E-state index contributed by atoms with van der Waals surface area (Å²) >= 11 is 5.70. The van der Waals surface area contributed by atoms with E-state index < -0.39 is 0 Å². The highest BCUT2D eigenvalue weighted by atomic mass is 35.5. The van der Waals surface area contributed by atoms with Gasteiger partial charge in [0.15, 0.2) is 0 Å². The molecular formula is C14H20ClNO. The van der Waals surface area contributed by atoms with Crippen LogP contribution in [0.2, 0.25) is 0 Å². The Labute approximate surface area is 109 Å². The standard InChI is InChI=1S/C14H20ClNO/c1-4-16(13(11(2)3)14(15)17)10-12-8-6-5-7-9-12/h5-9,11,13H,4,10H2,1-3H3. The van der Waals surface area contributed by atoms with E-state index in [1.54, 1.807) is 0 Å². The van der Waals surface area contributed by atoms with Gasteiger partial charge in [-0.3, -0.25) is 9.69 Å². The minimum Gasteiger partial charge on any atom is -0.288 e. The lowest BCUT2D eigenvalue weighted by atomic mass is 10.0. The maximum absolute atomic E-state index is 11.5. The van der Waals surface area contributed by atoms with Gasteiger partial charge in [-0.1, -0.05) is 51.1 Å². The zero-order chi connectivity index (χ0) is 12.8. The van der Waals surface area contributed by atoms with Crippen molar-refractivity contribution < 1.29 is 4.79 Å². The van der Waals surface area contributed by atoms with Crippen LogP contribution in [-0.2, 0) is 11.3 Å². The fourth-order valence-corrected chi connectivity index (χ4v) is 2.44. The van der Waals surface area contributed by atoms with E-state index in [1.807, 2.05) is 32.0 Å². The van der Waals surface area contributed by atoms with Gasteiger partial charge in [0, 0.05) is 6.54 Å². The molecule has 3 heteroatoms. The van der Waals surface area contributed by atoms with Crippen LogP contribution < -0.4 is 0 Å². The predicted molar refractivity (Wildman–Crippen MR) is 72.0 cm³/mol. The van der Waals surface area contributed by atoms with Crippen LogP contribution in [0.25, 0.3) is 0 Å². The molecule has 0 aliphatic carbocycles. The van der Waals surface area contributed by atoms with Gasteiger partial charge in [0.1, 0.15) is 0 Å². The predicted octanol–water partition coefficient (Wildman–Crippen LogP) is 3.30. The van der Waals surface area contributed by atoms with Crippen LogP contribution in [0.1, 0.15) is 26.3 Å². The Balaban J connectivity index is 2.80. The van der Waals surface area contributed by atoms with E-state index in [2.05, 4.69) is 24.0 Å². The van der Waals surface area contributed by atoms with Crippen molar-refractivity contribution in [3.8, 4) is 0 Å². The van der Waals surface area contributed by atoms with Crippen LogP contribution in [0.4, 0.5) is 0 Å². The SMILES string of the molecule is CCN(Cc1ccccc1)C(C(=O)Cl)C(C)C. The molecule has 0 radical (unpaired) electrons. The second-order valence-corrected chi connectivity index (χ2v) is 4.91. The van der Waals surface area contributed by atoms with E-state index in [0.717, 1.165) is 13.1 Å². The van der Waals surface area contributed by atoms with Crippen LogP contribution in [0.15, 0.2) is 30.3 Å². The molecule has 0 saturated heterocycles. The van der Waals surface area contributed by atoms with Crippen molar-refractivity contribution in [2.45, 2.75) is 33.4 Å². The molecule has 0 amide bonds. The molecule has 0 aliphatic heterocycles. The molecule has 0 aromatic heterocycles. The van der Waals surface area contributed by atoms with E-state index in [4.69, 9.17) is 11.6 Å². The fraction of sp³-hybridized carbons (Fsp3) is 0.500. The van der Waals surface area contributed by atoms with Crippen molar-refractivity contribution >= 4 is 16.8 Å². The monoisotopic (exact) mass is 253 g/mol. The normalized spacial score (nSPS) is 13.1. The number of nitrogens with zero attached hydrogens (tertiary/aromatic N) is 1. The van der Waals surface area contributed by atoms with Gasteiger partial charge in [-0.25, -0.2) is 0 Å². The highest BCUT2D eigenvalue weighted by molar-refractivity contribution is 6.64. The zero-order valence-corrected chi connectivity index (χ0v) is 11.4. The van der Waals surface area contributed by atoms with Crippen LogP contribution in [-0.4, -0.2) is 22.7 Å². The molecule has 0 saturated carbocycles. The minimum absolute atomic E-state index is 0.207. The van der Waals surface area contributed by atoms with Crippen molar-refractivity contribution in [1.82, 2.24) is 4.90 Å². The van der Waals surface area contributed by atoms with Crippen LogP contribution >= 0.6 is 11.6 Å². The van der Waals surface area contributed by atoms with Gasteiger partial charge in [0.05, 0.1) is 6.04 Å². The molecule has 1 aromatic rings. The summed E-state index contributed by atoms with van der Waals surface area (Å²) in [5.74, 6) is 0.226. The molecule has 1 aromatic carbocycles. The molecular weight excluding hydrogens is 234 g/mol. The Morgan fingerprint density at radius 3 is 2.29 bits per heavy atom. The van der Waals surface area contributed by atoms with Crippen molar-refractivity contribution in [2.75, 3.05) is 6.54 Å². The maximum Gasteiger partial charge on any atom is 0.239 e.